The third-order valence-corrected chi connectivity index (χ3v) is 5.02. The van der Waals surface area contributed by atoms with Gasteiger partial charge in [0.15, 0.2) is 11.5 Å². The van der Waals surface area contributed by atoms with Crippen molar-refractivity contribution in [3.63, 3.8) is 0 Å². The van der Waals surface area contributed by atoms with E-state index in [0.29, 0.717) is 28.4 Å². The van der Waals surface area contributed by atoms with Crippen LogP contribution in [-0.4, -0.2) is 40.9 Å². The minimum atomic E-state index is -4.10. The van der Waals surface area contributed by atoms with Gasteiger partial charge >= 0.3 is 0 Å². The molecule has 0 bridgehead atoms. The number of hydrogen-bond donors (Lipinski definition) is 1. The summed E-state index contributed by atoms with van der Waals surface area (Å²) in [7, 11) is 0.267. The van der Waals surface area contributed by atoms with Crippen LogP contribution in [0.1, 0.15) is 11.1 Å². The highest BCUT2D eigenvalue weighted by Crippen LogP contribution is 2.33. The fourth-order valence-electron chi connectivity index (χ4n) is 2.32. The highest BCUT2D eigenvalue weighted by molar-refractivity contribution is 7.89. The molecule has 0 aliphatic heterocycles. The monoisotopic (exact) mass is 409 g/mol. The molecule has 28 heavy (non-hydrogen) atoms. The first kappa shape index (κ1) is 21.0. The summed E-state index contributed by atoms with van der Waals surface area (Å²) in [6, 6.07) is 6.72. The molecule has 0 saturated carbocycles. The Hall–Kier alpha value is -3.34. The molecule has 0 aromatic heterocycles. The first-order valence-corrected chi connectivity index (χ1v) is 9.31. The first-order valence-electron chi connectivity index (χ1n) is 7.83. The Kier molecular flexibility index (Phi) is 6.41. The number of hydrogen-bond acceptors (Lipinski definition) is 8. The molecule has 0 amide bonds. The summed E-state index contributed by atoms with van der Waals surface area (Å²) in [5.74, 6) is 1.22. The van der Waals surface area contributed by atoms with Crippen molar-refractivity contribution in [2.75, 3.05) is 21.3 Å². The second-order valence-corrected chi connectivity index (χ2v) is 7.17. The van der Waals surface area contributed by atoms with E-state index in [2.05, 4.69) is 5.10 Å². The first-order chi connectivity index (χ1) is 13.2. The summed E-state index contributed by atoms with van der Waals surface area (Å²) in [5.41, 5.74) is 0.480. The van der Waals surface area contributed by atoms with Crippen LogP contribution in [0.2, 0.25) is 0 Å². The van der Waals surface area contributed by atoms with Crippen LogP contribution < -0.4 is 19.0 Å². The van der Waals surface area contributed by atoms with Crippen molar-refractivity contribution >= 4 is 21.9 Å². The van der Waals surface area contributed by atoms with Gasteiger partial charge in [-0.25, -0.2) is 4.83 Å². The molecule has 0 aliphatic carbocycles. The average molecular weight is 409 g/mol. The average Bonchev–Trinajstić information content (AvgIpc) is 2.67. The molecule has 11 heteroatoms. The maximum atomic E-state index is 12.4. The molecule has 150 valence electrons. The molecule has 2 aromatic carbocycles. The lowest BCUT2D eigenvalue weighted by atomic mass is 10.2. The van der Waals surface area contributed by atoms with Crippen LogP contribution in [0.5, 0.6) is 17.2 Å². The van der Waals surface area contributed by atoms with Gasteiger partial charge in [-0.2, -0.15) is 13.5 Å². The number of benzene rings is 2. The Morgan fingerprint density at radius 1 is 1.04 bits per heavy atom. The van der Waals surface area contributed by atoms with E-state index in [-0.39, 0.29) is 10.6 Å². The summed E-state index contributed by atoms with van der Waals surface area (Å²) in [6.45, 7) is 1.52. The van der Waals surface area contributed by atoms with E-state index < -0.39 is 14.9 Å². The number of nitro benzene ring substituents is 1. The second-order valence-electron chi connectivity index (χ2n) is 5.51. The Morgan fingerprint density at radius 2 is 1.64 bits per heavy atom. The molecule has 0 spiro atoms. The number of aryl methyl sites for hydroxylation is 1. The molecular formula is C17H19N3O7S. The van der Waals surface area contributed by atoms with Crippen LogP contribution in [0.4, 0.5) is 5.69 Å². The van der Waals surface area contributed by atoms with Crippen LogP contribution in [0.15, 0.2) is 40.3 Å². The highest BCUT2D eigenvalue weighted by atomic mass is 32.2. The zero-order chi connectivity index (χ0) is 20.9. The molecule has 0 radical (unpaired) electrons. The molecular weight excluding hydrogens is 390 g/mol. The van der Waals surface area contributed by atoms with Crippen molar-refractivity contribution in [1.82, 2.24) is 4.83 Å². The number of nitrogens with zero attached hydrogens (tertiary/aromatic N) is 2. The fraction of sp³-hybridized carbons (Fsp3) is 0.235. The molecule has 0 fully saturated rings. The largest absolute Gasteiger partial charge is 0.496 e. The lowest BCUT2D eigenvalue weighted by molar-refractivity contribution is -0.385. The summed E-state index contributed by atoms with van der Waals surface area (Å²) in [4.78, 5) is 12.1. The maximum Gasteiger partial charge on any atom is 0.276 e. The van der Waals surface area contributed by atoms with Crippen LogP contribution >= 0.6 is 0 Å². The molecule has 0 unspecified atom stereocenters. The van der Waals surface area contributed by atoms with Crippen molar-refractivity contribution in [3.8, 4) is 17.2 Å². The molecule has 2 rings (SSSR count). The van der Waals surface area contributed by atoms with Crippen molar-refractivity contribution in [3.05, 3.63) is 51.6 Å². The van der Waals surface area contributed by atoms with Gasteiger partial charge in [-0.1, -0.05) is 6.07 Å². The van der Waals surface area contributed by atoms with E-state index >= 15 is 0 Å². The molecule has 2 aromatic rings. The van der Waals surface area contributed by atoms with Gasteiger partial charge in [0.1, 0.15) is 5.75 Å². The lowest BCUT2D eigenvalue weighted by Gasteiger charge is -2.11. The van der Waals surface area contributed by atoms with Crippen molar-refractivity contribution in [2.24, 2.45) is 5.10 Å². The van der Waals surface area contributed by atoms with Crippen molar-refractivity contribution in [1.29, 1.82) is 0 Å². The van der Waals surface area contributed by atoms with Gasteiger partial charge in [0.05, 0.1) is 37.4 Å². The van der Waals surface area contributed by atoms with E-state index in [1.54, 1.807) is 12.1 Å². The van der Waals surface area contributed by atoms with E-state index in [0.717, 1.165) is 6.07 Å². The number of methoxy groups -OCH3 is 3. The zero-order valence-electron chi connectivity index (χ0n) is 15.6. The van der Waals surface area contributed by atoms with E-state index in [4.69, 9.17) is 14.2 Å². The van der Waals surface area contributed by atoms with E-state index in [1.807, 2.05) is 4.83 Å². The predicted octanol–water partition coefficient (Wildman–Crippen LogP) is 2.24. The van der Waals surface area contributed by atoms with E-state index in [1.165, 1.54) is 46.6 Å². The van der Waals surface area contributed by atoms with Gasteiger partial charge in [0.25, 0.3) is 15.7 Å². The zero-order valence-corrected chi connectivity index (χ0v) is 16.4. The van der Waals surface area contributed by atoms with Gasteiger partial charge in [-0.15, -0.1) is 0 Å². The number of ether oxygens (including phenoxy) is 3. The molecule has 10 nitrogen and oxygen atoms in total. The van der Waals surface area contributed by atoms with Crippen LogP contribution in [0, 0.1) is 17.0 Å². The predicted molar refractivity (Wildman–Crippen MR) is 102 cm³/mol. The standard InChI is InChI=1S/C17H19N3O7S/c1-11-5-6-13(8-14(11)20(21)22)28(23,24)19-18-10-12-7-16(26-3)17(27-4)9-15(12)25-2/h5-10,19H,1-4H3/b18-10+. The Balaban J connectivity index is 2.31. The topological polar surface area (TPSA) is 129 Å². The van der Waals surface area contributed by atoms with Crippen molar-refractivity contribution in [2.45, 2.75) is 11.8 Å². The van der Waals surface area contributed by atoms with Gasteiger partial charge < -0.3 is 14.2 Å². The maximum absolute atomic E-state index is 12.4. The summed E-state index contributed by atoms with van der Waals surface area (Å²) in [5, 5.41) is 14.7. The summed E-state index contributed by atoms with van der Waals surface area (Å²) >= 11 is 0. The molecule has 0 atom stereocenters. The minimum absolute atomic E-state index is 0.277. The molecule has 1 N–H and O–H groups in total. The van der Waals surface area contributed by atoms with Crippen LogP contribution in [-0.2, 0) is 10.0 Å². The minimum Gasteiger partial charge on any atom is -0.496 e. The smallest absolute Gasteiger partial charge is 0.276 e. The lowest BCUT2D eigenvalue weighted by Crippen LogP contribution is -2.18. The number of sulfonamides is 1. The number of rotatable bonds is 8. The molecule has 0 saturated heterocycles. The number of nitro groups is 1. The van der Waals surface area contributed by atoms with E-state index in [9.17, 15) is 18.5 Å². The third kappa shape index (κ3) is 4.49. The number of nitrogens with one attached hydrogen (secondary N) is 1. The van der Waals surface area contributed by atoms with Gasteiger partial charge in [-0.3, -0.25) is 10.1 Å². The third-order valence-electron chi connectivity index (χ3n) is 3.80. The SMILES string of the molecule is COc1cc(OC)c(OC)cc1/C=N/NS(=O)(=O)c1ccc(C)c([N+](=O)[O-])c1. The van der Waals surface area contributed by atoms with Gasteiger partial charge in [-0.05, 0) is 19.1 Å². The quantitative estimate of drug-likeness (QED) is 0.402. The molecule has 0 aliphatic rings. The normalized spacial score (nSPS) is 11.3. The molecule has 0 heterocycles. The summed E-state index contributed by atoms with van der Waals surface area (Å²) < 4.78 is 40.3. The Labute approximate surface area is 161 Å². The second kappa shape index (κ2) is 8.57. The fourth-order valence-corrected chi connectivity index (χ4v) is 3.14. The number of hydrazone groups is 1. The summed E-state index contributed by atoms with van der Waals surface area (Å²) in [6.07, 6.45) is 1.22. The van der Waals surface area contributed by atoms with Gasteiger partial charge in [0, 0.05) is 23.3 Å². The van der Waals surface area contributed by atoms with Crippen LogP contribution in [0.3, 0.4) is 0 Å². The van der Waals surface area contributed by atoms with Crippen molar-refractivity contribution < 1.29 is 27.6 Å². The van der Waals surface area contributed by atoms with Crippen LogP contribution in [0.25, 0.3) is 0 Å². The Morgan fingerprint density at radius 3 is 2.21 bits per heavy atom. The van der Waals surface area contributed by atoms with Gasteiger partial charge in [0.2, 0.25) is 0 Å². The highest BCUT2D eigenvalue weighted by Gasteiger charge is 2.19. The Bertz CT molecular complexity index is 1020.